The first-order chi connectivity index (χ1) is 13.6. The highest BCUT2D eigenvalue weighted by atomic mass is 35.5. The number of carbonyl (C=O) groups excluding carboxylic acids is 1. The second kappa shape index (κ2) is 9.63. The summed E-state index contributed by atoms with van der Waals surface area (Å²) in [6.45, 7) is 8.52. The van der Waals surface area contributed by atoms with Crippen LogP contribution in [0.3, 0.4) is 0 Å². The molecule has 158 valence electrons. The van der Waals surface area contributed by atoms with E-state index >= 15 is 0 Å². The predicted molar refractivity (Wildman–Crippen MR) is 116 cm³/mol. The van der Waals surface area contributed by atoms with Gasteiger partial charge in [0, 0.05) is 13.1 Å². The van der Waals surface area contributed by atoms with Crippen LogP contribution in [0.4, 0.5) is 0 Å². The molecule has 1 aromatic carbocycles. The van der Waals surface area contributed by atoms with E-state index in [2.05, 4.69) is 24.3 Å². The molecule has 0 aliphatic carbocycles. The van der Waals surface area contributed by atoms with Crippen molar-refractivity contribution in [1.82, 2.24) is 20.0 Å². The molecule has 6 nitrogen and oxygen atoms in total. The highest BCUT2D eigenvalue weighted by Crippen LogP contribution is 2.29. The van der Waals surface area contributed by atoms with Crippen LogP contribution in [-0.4, -0.2) is 53.4 Å². The number of nitrogens with zero attached hydrogens (tertiary/aromatic N) is 3. The number of hydrogen-bond donors (Lipinski definition) is 1. The van der Waals surface area contributed by atoms with Crippen molar-refractivity contribution in [1.29, 1.82) is 0 Å². The zero-order chi connectivity index (χ0) is 19.5. The lowest BCUT2D eigenvalue weighted by Crippen LogP contribution is -2.33. The summed E-state index contributed by atoms with van der Waals surface area (Å²) in [6, 6.07) is 9.86. The maximum absolute atomic E-state index is 13.3. The fourth-order valence-corrected chi connectivity index (χ4v) is 4.15. The Kier molecular flexibility index (Phi) is 7.19. The van der Waals surface area contributed by atoms with E-state index < -0.39 is 0 Å². The summed E-state index contributed by atoms with van der Waals surface area (Å²) in [6.07, 6.45) is 3.96. The number of ether oxygens (including phenoxy) is 1. The fourth-order valence-electron chi connectivity index (χ4n) is 4.15. The molecule has 1 N–H and O–H groups in total. The van der Waals surface area contributed by atoms with Crippen LogP contribution in [0.1, 0.15) is 37.2 Å². The van der Waals surface area contributed by atoms with Gasteiger partial charge in [0.25, 0.3) is 5.91 Å². The number of nitrogens with one attached hydrogen (secondary N) is 1. The van der Waals surface area contributed by atoms with Crippen molar-refractivity contribution >= 4 is 18.3 Å². The molecule has 0 unspecified atom stereocenters. The van der Waals surface area contributed by atoms with Gasteiger partial charge in [0.15, 0.2) is 11.4 Å². The number of halogens is 1. The van der Waals surface area contributed by atoms with Crippen LogP contribution in [0.15, 0.2) is 36.5 Å². The average Bonchev–Trinajstić information content (AvgIpc) is 3.29. The third kappa shape index (κ3) is 4.93. The van der Waals surface area contributed by atoms with Gasteiger partial charge in [-0.05, 0) is 55.8 Å². The van der Waals surface area contributed by atoms with Crippen molar-refractivity contribution in [3.05, 3.63) is 42.2 Å². The molecule has 2 atom stereocenters. The quantitative estimate of drug-likeness (QED) is 0.808. The summed E-state index contributed by atoms with van der Waals surface area (Å²) in [5, 5.41) is 8.11. The van der Waals surface area contributed by atoms with Crippen LogP contribution in [0.2, 0.25) is 0 Å². The van der Waals surface area contributed by atoms with Gasteiger partial charge in [0.05, 0.1) is 18.5 Å². The number of fused-ring (bicyclic) bond motifs is 1. The van der Waals surface area contributed by atoms with E-state index in [1.54, 1.807) is 4.68 Å². The molecule has 0 radical (unpaired) electrons. The Labute approximate surface area is 179 Å². The monoisotopic (exact) mass is 418 g/mol. The van der Waals surface area contributed by atoms with Crippen LogP contribution in [0, 0.1) is 17.8 Å². The topological polar surface area (TPSA) is 59.4 Å². The van der Waals surface area contributed by atoms with Gasteiger partial charge < -0.3 is 15.0 Å². The van der Waals surface area contributed by atoms with Gasteiger partial charge in [-0.2, -0.15) is 5.10 Å². The molecular weight excluding hydrogens is 388 g/mol. The van der Waals surface area contributed by atoms with Gasteiger partial charge in [-0.1, -0.05) is 32.0 Å². The van der Waals surface area contributed by atoms with Gasteiger partial charge in [-0.25, -0.2) is 4.68 Å². The largest absolute Gasteiger partial charge is 0.489 e. The number of amides is 1. The maximum atomic E-state index is 13.3. The normalized spacial score (nSPS) is 21.4. The summed E-state index contributed by atoms with van der Waals surface area (Å²) in [5.74, 6) is 2.33. The summed E-state index contributed by atoms with van der Waals surface area (Å²) in [4.78, 5) is 15.3. The predicted octanol–water partition coefficient (Wildman–Crippen LogP) is 3.40. The van der Waals surface area contributed by atoms with Gasteiger partial charge in [0.1, 0.15) is 0 Å². The Hall–Kier alpha value is -2.05. The standard InChI is InChI=1S/C22H30N4O2.ClH/c1-16(2)15-28-20-14-26(19-6-4-3-5-7-19)24-21(20)22(27)25-10-8-17-12-23-13-18(17)9-11-25;/h3-7,14,16-18,23H,8-13,15H2,1-2H3;1H/t17-,18+;. The van der Waals surface area contributed by atoms with E-state index in [4.69, 9.17) is 4.74 Å². The van der Waals surface area contributed by atoms with Crippen molar-refractivity contribution in [2.75, 3.05) is 32.8 Å². The van der Waals surface area contributed by atoms with E-state index in [0.717, 1.165) is 44.7 Å². The Morgan fingerprint density at radius 3 is 2.45 bits per heavy atom. The molecule has 2 fully saturated rings. The first-order valence-electron chi connectivity index (χ1n) is 10.4. The van der Waals surface area contributed by atoms with Crippen molar-refractivity contribution in [2.45, 2.75) is 26.7 Å². The zero-order valence-electron chi connectivity index (χ0n) is 17.2. The SMILES string of the molecule is CC(C)COc1cn(-c2ccccc2)nc1C(=O)N1CC[C@@H]2CNC[C@@H]2CC1.Cl. The van der Waals surface area contributed by atoms with E-state index in [9.17, 15) is 4.79 Å². The van der Waals surface area contributed by atoms with Crippen molar-refractivity contribution in [3.8, 4) is 11.4 Å². The molecule has 0 spiro atoms. The Morgan fingerprint density at radius 2 is 1.83 bits per heavy atom. The van der Waals surface area contributed by atoms with E-state index in [0.29, 0.717) is 35.8 Å². The smallest absolute Gasteiger partial charge is 0.278 e. The molecule has 0 bridgehead atoms. The second-order valence-electron chi connectivity index (χ2n) is 8.37. The summed E-state index contributed by atoms with van der Waals surface area (Å²) < 4.78 is 7.73. The minimum Gasteiger partial charge on any atom is -0.489 e. The number of benzene rings is 1. The number of rotatable bonds is 5. The lowest BCUT2D eigenvalue weighted by atomic mass is 9.92. The molecular formula is C22H31ClN4O2. The van der Waals surface area contributed by atoms with Gasteiger partial charge in [0.2, 0.25) is 0 Å². The summed E-state index contributed by atoms with van der Waals surface area (Å²) >= 11 is 0. The van der Waals surface area contributed by atoms with Crippen LogP contribution in [-0.2, 0) is 0 Å². The van der Waals surface area contributed by atoms with Crippen LogP contribution < -0.4 is 10.1 Å². The van der Waals surface area contributed by atoms with Crippen LogP contribution >= 0.6 is 12.4 Å². The molecule has 29 heavy (non-hydrogen) atoms. The molecule has 2 aromatic rings. The Bertz CT molecular complexity index is 794. The van der Waals surface area contributed by atoms with Gasteiger partial charge >= 0.3 is 0 Å². The van der Waals surface area contributed by atoms with Crippen LogP contribution in [0.25, 0.3) is 5.69 Å². The average molecular weight is 419 g/mol. The zero-order valence-corrected chi connectivity index (χ0v) is 18.0. The van der Waals surface area contributed by atoms with Gasteiger partial charge in [-0.15, -0.1) is 12.4 Å². The Morgan fingerprint density at radius 1 is 1.17 bits per heavy atom. The minimum atomic E-state index is -0.0126. The number of para-hydroxylation sites is 1. The molecule has 2 saturated heterocycles. The van der Waals surface area contributed by atoms with Crippen LogP contribution in [0.5, 0.6) is 5.75 Å². The second-order valence-corrected chi connectivity index (χ2v) is 8.37. The molecule has 2 aliphatic heterocycles. The number of aromatic nitrogens is 2. The lowest BCUT2D eigenvalue weighted by molar-refractivity contribution is 0.0747. The highest BCUT2D eigenvalue weighted by molar-refractivity contribution is 5.95. The van der Waals surface area contributed by atoms with Crippen molar-refractivity contribution in [3.63, 3.8) is 0 Å². The van der Waals surface area contributed by atoms with E-state index in [1.807, 2.05) is 41.4 Å². The fraction of sp³-hybridized carbons (Fsp3) is 0.545. The number of hydrogen-bond acceptors (Lipinski definition) is 4. The third-order valence-electron chi connectivity index (χ3n) is 5.78. The summed E-state index contributed by atoms with van der Waals surface area (Å²) in [5.41, 5.74) is 1.35. The summed E-state index contributed by atoms with van der Waals surface area (Å²) in [7, 11) is 0. The number of carbonyl (C=O) groups is 1. The van der Waals surface area contributed by atoms with E-state index in [-0.39, 0.29) is 18.3 Å². The van der Waals surface area contributed by atoms with Gasteiger partial charge in [-0.3, -0.25) is 4.79 Å². The maximum Gasteiger partial charge on any atom is 0.278 e. The number of likely N-dealkylation sites (tertiary alicyclic amines) is 1. The molecule has 3 heterocycles. The van der Waals surface area contributed by atoms with Crippen molar-refractivity contribution < 1.29 is 9.53 Å². The highest BCUT2D eigenvalue weighted by Gasteiger charge is 2.33. The molecule has 1 amide bonds. The molecule has 0 saturated carbocycles. The lowest BCUT2D eigenvalue weighted by Gasteiger charge is -2.20. The first kappa shape index (κ1) is 21.7. The van der Waals surface area contributed by atoms with E-state index in [1.165, 1.54) is 0 Å². The Balaban J connectivity index is 0.00000240. The molecule has 7 heteroatoms. The van der Waals surface area contributed by atoms with Crippen molar-refractivity contribution in [2.24, 2.45) is 17.8 Å². The molecule has 4 rings (SSSR count). The third-order valence-corrected chi connectivity index (χ3v) is 5.78. The first-order valence-corrected chi connectivity index (χ1v) is 10.4. The minimum absolute atomic E-state index is 0. The molecule has 1 aromatic heterocycles. The molecule has 2 aliphatic rings.